The Kier molecular flexibility index (Phi) is 4.44. The molecule has 1 aliphatic rings. The van der Waals surface area contributed by atoms with Crippen molar-refractivity contribution in [3.05, 3.63) is 39.9 Å². The summed E-state index contributed by atoms with van der Waals surface area (Å²) in [7, 11) is 1.46. The van der Waals surface area contributed by atoms with Crippen LogP contribution in [0.15, 0.2) is 24.3 Å². The summed E-state index contributed by atoms with van der Waals surface area (Å²) in [6.07, 6.45) is 3.25. The van der Waals surface area contributed by atoms with Gasteiger partial charge in [0, 0.05) is 24.7 Å². The average molecular weight is 306 g/mol. The van der Waals surface area contributed by atoms with E-state index in [1.807, 2.05) is 0 Å². The normalized spacial score (nSPS) is 16.8. The molecule has 0 bridgehead atoms. The largest absolute Gasteiger partial charge is 0.479 e. The van der Waals surface area contributed by atoms with E-state index in [1.165, 1.54) is 36.2 Å². The van der Waals surface area contributed by atoms with Crippen LogP contribution in [0.3, 0.4) is 0 Å². The standard InChI is InChI=1S/C15H18N2O5/c1-16(15(14(19)20)8-3-2-4-9-15)13(18)11-6-5-7-12(10-11)17(21)22/h5-7,10H,2-4,8-9H2,1H3,(H,19,20). The van der Waals surface area contributed by atoms with Crippen LogP contribution in [0, 0.1) is 10.1 Å². The number of carboxylic acids is 1. The zero-order chi connectivity index (χ0) is 16.3. The minimum absolute atomic E-state index is 0.128. The van der Waals surface area contributed by atoms with Gasteiger partial charge in [-0.05, 0) is 18.9 Å². The van der Waals surface area contributed by atoms with Crippen LogP contribution in [0.5, 0.6) is 0 Å². The maximum absolute atomic E-state index is 12.6. The zero-order valence-corrected chi connectivity index (χ0v) is 12.3. The molecule has 0 radical (unpaired) electrons. The van der Waals surface area contributed by atoms with Crippen LogP contribution >= 0.6 is 0 Å². The van der Waals surface area contributed by atoms with Crippen molar-refractivity contribution in [1.82, 2.24) is 4.90 Å². The van der Waals surface area contributed by atoms with Crippen molar-refractivity contribution in [3.8, 4) is 0 Å². The highest BCUT2D eigenvalue weighted by Crippen LogP contribution is 2.34. The summed E-state index contributed by atoms with van der Waals surface area (Å²) < 4.78 is 0. The molecule has 1 fully saturated rings. The van der Waals surface area contributed by atoms with Crippen LogP contribution in [-0.4, -0.2) is 39.4 Å². The number of rotatable bonds is 4. The highest BCUT2D eigenvalue weighted by molar-refractivity contribution is 5.98. The van der Waals surface area contributed by atoms with Gasteiger partial charge in [-0.15, -0.1) is 0 Å². The average Bonchev–Trinajstić information content (AvgIpc) is 2.54. The number of nitrogens with zero attached hydrogens (tertiary/aromatic N) is 2. The highest BCUT2D eigenvalue weighted by Gasteiger charge is 2.45. The number of aliphatic carboxylic acids is 1. The number of carbonyl (C=O) groups excluding carboxylic acids is 1. The lowest BCUT2D eigenvalue weighted by molar-refractivity contribution is -0.384. The summed E-state index contributed by atoms with van der Waals surface area (Å²) >= 11 is 0. The Bertz CT molecular complexity index is 608. The molecular weight excluding hydrogens is 288 g/mol. The molecule has 1 aliphatic carbocycles. The van der Waals surface area contributed by atoms with Crippen molar-refractivity contribution in [2.45, 2.75) is 37.6 Å². The molecule has 0 saturated heterocycles. The van der Waals surface area contributed by atoms with E-state index in [9.17, 15) is 24.8 Å². The Morgan fingerprint density at radius 3 is 2.45 bits per heavy atom. The minimum Gasteiger partial charge on any atom is -0.479 e. The van der Waals surface area contributed by atoms with Gasteiger partial charge in [0.15, 0.2) is 0 Å². The first-order valence-electron chi connectivity index (χ1n) is 7.14. The molecule has 2 rings (SSSR count). The van der Waals surface area contributed by atoms with Gasteiger partial charge in [0.05, 0.1) is 4.92 Å². The van der Waals surface area contributed by atoms with Crippen molar-refractivity contribution in [1.29, 1.82) is 0 Å². The maximum Gasteiger partial charge on any atom is 0.329 e. The third-order valence-electron chi connectivity index (χ3n) is 4.33. The molecule has 1 aromatic rings. The van der Waals surface area contributed by atoms with Gasteiger partial charge < -0.3 is 10.0 Å². The van der Waals surface area contributed by atoms with E-state index >= 15 is 0 Å². The number of benzene rings is 1. The first-order valence-corrected chi connectivity index (χ1v) is 7.14. The highest BCUT2D eigenvalue weighted by atomic mass is 16.6. The summed E-state index contributed by atoms with van der Waals surface area (Å²) in [4.78, 5) is 35.8. The van der Waals surface area contributed by atoms with E-state index in [-0.39, 0.29) is 11.3 Å². The number of likely N-dealkylation sites (N-methyl/N-ethyl adjacent to an activating group) is 1. The predicted molar refractivity (Wildman–Crippen MR) is 78.6 cm³/mol. The Hall–Kier alpha value is -2.44. The molecule has 0 aromatic heterocycles. The molecule has 118 valence electrons. The molecule has 0 heterocycles. The molecule has 22 heavy (non-hydrogen) atoms. The molecule has 0 aliphatic heterocycles. The smallest absolute Gasteiger partial charge is 0.329 e. The second kappa shape index (κ2) is 6.13. The fourth-order valence-electron chi connectivity index (χ4n) is 2.97. The minimum atomic E-state index is -1.22. The zero-order valence-electron chi connectivity index (χ0n) is 12.3. The number of hydrogen-bond acceptors (Lipinski definition) is 4. The number of non-ortho nitro benzene ring substituents is 1. The number of nitro groups is 1. The fraction of sp³-hybridized carbons (Fsp3) is 0.467. The summed E-state index contributed by atoms with van der Waals surface area (Å²) in [6, 6.07) is 5.36. The van der Waals surface area contributed by atoms with E-state index in [4.69, 9.17) is 0 Å². The van der Waals surface area contributed by atoms with E-state index in [2.05, 4.69) is 0 Å². The number of hydrogen-bond donors (Lipinski definition) is 1. The summed E-state index contributed by atoms with van der Waals surface area (Å²) in [5.41, 5.74) is -1.28. The molecular formula is C15H18N2O5. The first-order chi connectivity index (χ1) is 10.4. The number of nitro benzene ring substituents is 1. The van der Waals surface area contributed by atoms with Gasteiger partial charge in [-0.25, -0.2) is 4.79 Å². The molecule has 7 nitrogen and oxygen atoms in total. The van der Waals surface area contributed by atoms with Crippen LogP contribution < -0.4 is 0 Å². The van der Waals surface area contributed by atoms with Crippen LogP contribution in [-0.2, 0) is 4.79 Å². The van der Waals surface area contributed by atoms with Crippen molar-refractivity contribution in [3.63, 3.8) is 0 Å². The number of carboxylic acid groups (broad SMARTS) is 1. The van der Waals surface area contributed by atoms with Gasteiger partial charge in [0.1, 0.15) is 5.54 Å². The van der Waals surface area contributed by atoms with Gasteiger partial charge in [-0.2, -0.15) is 0 Å². The first kappa shape index (κ1) is 15.9. The number of amides is 1. The molecule has 1 N–H and O–H groups in total. The van der Waals surface area contributed by atoms with Gasteiger partial charge in [-0.1, -0.05) is 25.3 Å². The lowest BCUT2D eigenvalue weighted by Crippen LogP contribution is -2.56. The number of carbonyl (C=O) groups is 2. The molecule has 0 atom stereocenters. The summed E-state index contributed by atoms with van der Waals surface area (Å²) in [5.74, 6) is -1.53. The van der Waals surface area contributed by atoms with Crippen molar-refractivity contribution < 1.29 is 19.6 Å². The van der Waals surface area contributed by atoms with Crippen molar-refractivity contribution in [2.24, 2.45) is 0 Å². The van der Waals surface area contributed by atoms with Gasteiger partial charge in [0.25, 0.3) is 11.6 Å². The molecule has 1 aromatic carbocycles. The maximum atomic E-state index is 12.6. The van der Waals surface area contributed by atoms with Crippen LogP contribution in [0.1, 0.15) is 42.5 Å². The van der Waals surface area contributed by atoms with Gasteiger partial charge in [-0.3, -0.25) is 14.9 Å². The Morgan fingerprint density at radius 1 is 1.27 bits per heavy atom. The Balaban J connectivity index is 2.32. The molecule has 1 saturated carbocycles. The molecule has 0 unspecified atom stereocenters. The lowest BCUT2D eigenvalue weighted by atomic mass is 9.80. The van der Waals surface area contributed by atoms with E-state index < -0.39 is 22.3 Å². The fourth-order valence-corrected chi connectivity index (χ4v) is 2.97. The van der Waals surface area contributed by atoms with Gasteiger partial charge >= 0.3 is 5.97 Å². The van der Waals surface area contributed by atoms with E-state index in [0.717, 1.165) is 19.3 Å². The van der Waals surface area contributed by atoms with Crippen molar-refractivity contribution in [2.75, 3.05) is 7.05 Å². The van der Waals surface area contributed by atoms with Crippen LogP contribution in [0.25, 0.3) is 0 Å². The predicted octanol–water partition coefficient (Wildman–Crippen LogP) is 2.45. The topological polar surface area (TPSA) is 101 Å². The molecule has 7 heteroatoms. The van der Waals surface area contributed by atoms with Crippen LogP contribution in [0.4, 0.5) is 5.69 Å². The third kappa shape index (κ3) is 2.79. The van der Waals surface area contributed by atoms with Crippen LogP contribution in [0.2, 0.25) is 0 Å². The van der Waals surface area contributed by atoms with Gasteiger partial charge in [0.2, 0.25) is 0 Å². The second-order valence-electron chi connectivity index (χ2n) is 5.57. The summed E-state index contributed by atoms with van der Waals surface area (Å²) in [5, 5.41) is 20.4. The van der Waals surface area contributed by atoms with Crippen molar-refractivity contribution >= 4 is 17.6 Å². The SMILES string of the molecule is CN(C(=O)c1cccc([N+](=O)[O-])c1)C1(C(=O)O)CCCCC1. The Labute approximate surface area is 127 Å². The Morgan fingerprint density at radius 2 is 1.91 bits per heavy atom. The molecule has 1 amide bonds. The molecule has 0 spiro atoms. The van der Waals surface area contributed by atoms with E-state index in [1.54, 1.807) is 0 Å². The second-order valence-corrected chi connectivity index (χ2v) is 5.57. The quantitative estimate of drug-likeness (QED) is 0.680. The van der Waals surface area contributed by atoms with E-state index in [0.29, 0.717) is 12.8 Å². The lowest BCUT2D eigenvalue weighted by Gasteiger charge is -2.41. The monoisotopic (exact) mass is 306 g/mol. The third-order valence-corrected chi connectivity index (χ3v) is 4.33. The summed E-state index contributed by atoms with van der Waals surface area (Å²) in [6.45, 7) is 0.